The molecule has 3 heterocycles. The highest BCUT2D eigenvalue weighted by molar-refractivity contribution is 5.89. The van der Waals surface area contributed by atoms with Crippen LogP contribution >= 0.6 is 0 Å². The van der Waals surface area contributed by atoms with Crippen LogP contribution < -0.4 is 5.32 Å². The summed E-state index contributed by atoms with van der Waals surface area (Å²) in [7, 11) is 0. The van der Waals surface area contributed by atoms with Crippen molar-refractivity contribution in [2.75, 3.05) is 38.1 Å². The molecular formula is C18H29N5O2. The number of nitrogens with one attached hydrogen (secondary N) is 1. The van der Waals surface area contributed by atoms with Gasteiger partial charge in [0.15, 0.2) is 0 Å². The summed E-state index contributed by atoms with van der Waals surface area (Å²) in [6.07, 6.45) is 11.5. The number of anilines is 1. The van der Waals surface area contributed by atoms with E-state index in [9.17, 15) is 4.79 Å². The van der Waals surface area contributed by atoms with E-state index in [0.717, 1.165) is 63.9 Å². The lowest BCUT2D eigenvalue weighted by molar-refractivity contribution is 0.0940. The standard InChI is InChI=1S/C18H29N5O2/c24-18(22-9-7-21(8-10-22)16-4-1-2-5-16)20-15-12-19-23(13-15)14-17-6-3-11-25-17/h12-13,16-17H,1-11,14H2,(H,20,24)/t17-/m0/s1. The van der Waals surface area contributed by atoms with Gasteiger partial charge in [-0.1, -0.05) is 12.8 Å². The van der Waals surface area contributed by atoms with Gasteiger partial charge in [-0.15, -0.1) is 0 Å². The SMILES string of the molecule is O=C(Nc1cnn(C[C@@H]2CCCO2)c1)N1CCN(C2CCCC2)CC1. The predicted octanol–water partition coefficient (Wildman–Crippen LogP) is 2.15. The first-order valence-electron chi connectivity index (χ1n) is 9.72. The molecule has 7 heteroatoms. The zero-order valence-corrected chi connectivity index (χ0v) is 14.9. The molecule has 0 unspecified atom stereocenters. The van der Waals surface area contributed by atoms with Crippen LogP contribution in [0.5, 0.6) is 0 Å². The number of amides is 2. The van der Waals surface area contributed by atoms with E-state index in [-0.39, 0.29) is 12.1 Å². The molecule has 0 aromatic carbocycles. The van der Waals surface area contributed by atoms with Crippen LogP contribution in [0.1, 0.15) is 38.5 Å². The van der Waals surface area contributed by atoms with Gasteiger partial charge in [-0.05, 0) is 25.7 Å². The Morgan fingerprint density at radius 2 is 1.96 bits per heavy atom. The lowest BCUT2D eigenvalue weighted by Crippen LogP contribution is -2.52. The van der Waals surface area contributed by atoms with Crippen molar-refractivity contribution in [3.8, 4) is 0 Å². The quantitative estimate of drug-likeness (QED) is 0.907. The van der Waals surface area contributed by atoms with Gasteiger partial charge in [-0.25, -0.2) is 4.79 Å². The Morgan fingerprint density at radius 3 is 2.68 bits per heavy atom. The van der Waals surface area contributed by atoms with Gasteiger partial charge in [0.1, 0.15) is 0 Å². The lowest BCUT2D eigenvalue weighted by atomic mass is 10.2. The van der Waals surface area contributed by atoms with Crippen LogP contribution in [0.3, 0.4) is 0 Å². The molecule has 25 heavy (non-hydrogen) atoms. The minimum atomic E-state index is -0.0114. The molecule has 0 bridgehead atoms. The van der Waals surface area contributed by atoms with Crippen molar-refractivity contribution >= 4 is 11.7 Å². The summed E-state index contributed by atoms with van der Waals surface area (Å²) in [5.41, 5.74) is 0.765. The van der Waals surface area contributed by atoms with Crippen LogP contribution in [-0.4, -0.2) is 70.5 Å². The summed E-state index contributed by atoms with van der Waals surface area (Å²) in [5, 5.41) is 7.32. The van der Waals surface area contributed by atoms with E-state index >= 15 is 0 Å². The molecule has 2 aliphatic heterocycles. The van der Waals surface area contributed by atoms with Crippen LogP contribution in [0.25, 0.3) is 0 Å². The third kappa shape index (κ3) is 4.15. The van der Waals surface area contributed by atoms with Crippen LogP contribution in [-0.2, 0) is 11.3 Å². The van der Waals surface area contributed by atoms with Crippen molar-refractivity contribution in [2.45, 2.75) is 57.2 Å². The molecule has 1 aromatic heterocycles. The Kier molecular flexibility index (Phi) is 5.22. The summed E-state index contributed by atoms with van der Waals surface area (Å²) >= 11 is 0. The van der Waals surface area contributed by atoms with Gasteiger partial charge < -0.3 is 15.0 Å². The smallest absolute Gasteiger partial charge is 0.322 e. The molecule has 2 amide bonds. The van der Waals surface area contributed by atoms with E-state index in [1.54, 1.807) is 6.20 Å². The van der Waals surface area contributed by atoms with E-state index in [0.29, 0.717) is 0 Å². The van der Waals surface area contributed by atoms with Gasteiger partial charge in [0, 0.05) is 45.0 Å². The number of aromatic nitrogens is 2. The topological polar surface area (TPSA) is 62.6 Å². The molecule has 1 aromatic rings. The highest BCUT2D eigenvalue weighted by atomic mass is 16.5. The molecule has 4 rings (SSSR count). The maximum Gasteiger partial charge on any atom is 0.322 e. The minimum Gasteiger partial charge on any atom is -0.376 e. The third-order valence-electron chi connectivity index (χ3n) is 5.74. The van der Waals surface area contributed by atoms with Crippen molar-refractivity contribution in [3.05, 3.63) is 12.4 Å². The number of hydrogen-bond donors (Lipinski definition) is 1. The van der Waals surface area contributed by atoms with Crippen molar-refractivity contribution in [3.63, 3.8) is 0 Å². The van der Waals surface area contributed by atoms with Crippen LogP contribution in [0.4, 0.5) is 10.5 Å². The average Bonchev–Trinajstić information content (AvgIpc) is 3.38. The predicted molar refractivity (Wildman–Crippen MR) is 95.6 cm³/mol. The van der Waals surface area contributed by atoms with E-state index in [1.807, 2.05) is 15.8 Å². The fraction of sp³-hybridized carbons (Fsp3) is 0.778. The molecule has 1 aliphatic carbocycles. The summed E-state index contributed by atoms with van der Waals surface area (Å²) < 4.78 is 7.50. The highest BCUT2D eigenvalue weighted by Gasteiger charge is 2.28. The number of nitrogens with zero attached hydrogens (tertiary/aromatic N) is 4. The zero-order valence-electron chi connectivity index (χ0n) is 14.9. The molecule has 0 spiro atoms. The van der Waals surface area contributed by atoms with Crippen molar-refractivity contribution in [1.82, 2.24) is 19.6 Å². The molecule has 1 saturated carbocycles. The minimum absolute atomic E-state index is 0.0114. The maximum absolute atomic E-state index is 12.5. The number of ether oxygens (including phenoxy) is 1. The van der Waals surface area contributed by atoms with Crippen LogP contribution in [0.15, 0.2) is 12.4 Å². The highest BCUT2D eigenvalue weighted by Crippen LogP contribution is 2.24. The Balaban J connectivity index is 1.24. The zero-order chi connectivity index (χ0) is 17.1. The Bertz CT molecular complexity index is 570. The molecular weight excluding hydrogens is 318 g/mol. The average molecular weight is 347 g/mol. The van der Waals surface area contributed by atoms with Gasteiger partial charge in [0.2, 0.25) is 0 Å². The molecule has 1 atom stereocenters. The van der Waals surface area contributed by atoms with E-state index in [1.165, 1.54) is 25.7 Å². The van der Waals surface area contributed by atoms with Gasteiger partial charge in [0.05, 0.1) is 24.5 Å². The molecule has 3 aliphatic rings. The number of urea groups is 1. The fourth-order valence-electron chi connectivity index (χ4n) is 4.29. The van der Waals surface area contributed by atoms with E-state index in [2.05, 4.69) is 15.3 Å². The summed E-state index contributed by atoms with van der Waals surface area (Å²) in [4.78, 5) is 17.0. The maximum atomic E-state index is 12.5. The largest absolute Gasteiger partial charge is 0.376 e. The van der Waals surface area contributed by atoms with Gasteiger partial charge in [-0.3, -0.25) is 9.58 Å². The summed E-state index contributed by atoms with van der Waals surface area (Å²) in [6.45, 7) is 5.23. The second-order valence-electron chi connectivity index (χ2n) is 7.48. The first-order valence-corrected chi connectivity index (χ1v) is 9.72. The molecule has 3 fully saturated rings. The lowest BCUT2D eigenvalue weighted by Gasteiger charge is -2.37. The van der Waals surface area contributed by atoms with Crippen molar-refractivity contribution < 1.29 is 9.53 Å². The Morgan fingerprint density at radius 1 is 1.16 bits per heavy atom. The molecule has 7 nitrogen and oxygen atoms in total. The number of piperazine rings is 1. The van der Waals surface area contributed by atoms with Gasteiger partial charge >= 0.3 is 6.03 Å². The molecule has 2 saturated heterocycles. The molecule has 138 valence electrons. The summed E-state index contributed by atoms with van der Waals surface area (Å²) in [5.74, 6) is 0. The van der Waals surface area contributed by atoms with E-state index < -0.39 is 0 Å². The number of rotatable bonds is 4. The third-order valence-corrected chi connectivity index (χ3v) is 5.74. The Hall–Kier alpha value is -1.60. The number of hydrogen-bond acceptors (Lipinski definition) is 4. The van der Waals surface area contributed by atoms with E-state index in [4.69, 9.17) is 4.74 Å². The van der Waals surface area contributed by atoms with Gasteiger partial charge in [0.25, 0.3) is 0 Å². The molecule has 0 radical (unpaired) electrons. The Labute approximate surface area is 149 Å². The fourth-order valence-corrected chi connectivity index (χ4v) is 4.29. The molecule has 1 N–H and O–H groups in total. The first-order chi connectivity index (χ1) is 12.3. The second kappa shape index (κ2) is 7.74. The monoisotopic (exact) mass is 347 g/mol. The normalized spacial score (nSPS) is 25.6. The van der Waals surface area contributed by atoms with Crippen molar-refractivity contribution in [1.29, 1.82) is 0 Å². The van der Waals surface area contributed by atoms with Crippen LogP contribution in [0, 0.1) is 0 Å². The van der Waals surface area contributed by atoms with Gasteiger partial charge in [-0.2, -0.15) is 5.10 Å². The first kappa shape index (κ1) is 16.8. The number of carbonyl (C=O) groups is 1. The second-order valence-corrected chi connectivity index (χ2v) is 7.48. The van der Waals surface area contributed by atoms with Crippen molar-refractivity contribution in [2.24, 2.45) is 0 Å². The van der Waals surface area contributed by atoms with Crippen LogP contribution in [0.2, 0.25) is 0 Å². The summed E-state index contributed by atoms with van der Waals surface area (Å²) in [6, 6.07) is 0.740. The number of carbonyl (C=O) groups excluding carboxylic acids is 1.